The number of rotatable bonds is 3. The molecule has 3 heterocycles. The fourth-order valence-electron chi connectivity index (χ4n) is 2.44. The van der Waals surface area contributed by atoms with Gasteiger partial charge in [0.1, 0.15) is 5.82 Å². The van der Waals surface area contributed by atoms with Crippen molar-refractivity contribution in [3.63, 3.8) is 0 Å². The van der Waals surface area contributed by atoms with Crippen LogP contribution in [-0.4, -0.2) is 53.5 Å². The summed E-state index contributed by atoms with van der Waals surface area (Å²) in [7, 11) is 1.59. The molecule has 1 aliphatic heterocycles. The van der Waals surface area contributed by atoms with E-state index in [2.05, 4.69) is 30.0 Å². The van der Waals surface area contributed by atoms with Gasteiger partial charge in [-0.05, 0) is 13.0 Å². The molecule has 3 rings (SSSR count). The van der Waals surface area contributed by atoms with Crippen LogP contribution in [0, 0.1) is 6.92 Å². The lowest BCUT2D eigenvalue weighted by Crippen LogP contribution is -2.47. The van der Waals surface area contributed by atoms with Crippen molar-refractivity contribution in [2.24, 2.45) is 0 Å². The summed E-state index contributed by atoms with van der Waals surface area (Å²) in [6.07, 6.45) is 3.52. The van der Waals surface area contributed by atoms with Gasteiger partial charge >= 0.3 is 6.01 Å². The van der Waals surface area contributed by atoms with Crippen LogP contribution in [0.1, 0.15) is 5.69 Å². The minimum atomic E-state index is 0.422. The minimum absolute atomic E-state index is 0.422. The summed E-state index contributed by atoms with van der Waals surface area (Å²) in [5, 5.41) is 7.74. The number of piperazine rings is 1. The smallest absolute Gasteiger partial charge is 0.318 e. The Kier molecular flexibility index (Phi) is 3.81. The third kappa shape index (κ3) is 3.01. The summed E-state index contributed by atoms with van der Waals surface area (Å²) in [5.74, 6) is 0.923. The van der Waals surface area contributed by atoms with E-state index in [1.165, 1.54) is 0 Å². The van der Waals surface area contributed by atoms with Crippen LogP contribution >= 0.6 is 0 Å². The summed E-state index contributed by atoms with van der Waals surface area (Å²) < 4.78 is 5.14. The van der Waals surface area contributed by atoms with Gasteiger partial charge in [-0.3, -0.25) is 0 Å². The number of nitrogens with zero attached hydrogens (tertiary/aromatic N) is 6. The fraction of sp³-hybridized carbons (Fsp3) is 0.429. The first-order valence-electron chi connectivity index (χ1n) is 6.92. The minimum Gasteiger partial charge on any atom is -0.467 e. The Morgan fingerprint density at radius 2 is 1.81 bits per heavy atom. The first-order valence-corrected chi connectivity index (χ1v) is 6.92. The van der Waals surface area contributed by atoms with Crippen LogP contribution in [-0.2, 0) is 0 Å². The number of hydrogen-bond acceptors (Lipinski definition) is 7. The zero-order chi connectivity index (χ0) is 14.7. The maximum absolute atomic E-state index is 5.14. The molecule has 7 heteroatoms. The average Bonchev–Trinajstić information content (AvgIpc) is 2.55. The predicted molar refractivity (Wildman–Crippen MR) is 79.8 cm³/mol. The van der Waals surface area contributed by atoms with E-state index in [-0.39, 0.29) is 0 Å². The second-order valence-corrected chi connectivity index (χ2v) is 4.93. The Morgan fingerprint density at radius 1 is 1.05 bits per heavy atom. The van der Waals surface area contributed by atoms with E-state index in [0.717, 1.165) is 43.4 Å². The molecule has 0 bridgehead atoms. The first-order chi connectivity index (χ1) is 10.3. The van der Waals surface area contributed by atoms with E-state index < -0.39 is 0 Å². The van der Waals surface area contributed by atoms with Gasteiger partial charge in [-0.1, -0.05) is 0 Å². The van der Waals surface area contributed by atoms with Crippen LogP contribution in [0.4, 0.5) is 11.5 Å². The van der Waals surface area contributed by atoms with Crippen molar-refractivity contribution in [3.8, 4) is 6.01 Å². The Hall–Kier alpha value is -2.44. The van der Waals surface area contributed by atoms with Gasteiger partial charge in [-0.15, -0.1) is 0 Å². The highest BCUT2D eigenvalue weighted by molar-refractivity contribution is 5.47. The molecule has 110 valence electrons. The summed E-state index contributed by atoms with van der Waals surface area (Å²) >= 11 is 0. The fourth-order valence-corrected chi connectivity index (χ4v) is 2.44. The van der Waals surface area contributed by atoms with Crippen molar-refractivity contribution in [1.29, 1.82) is 0 Å². The van der Waals surface area contributed by atoms with Gasteiger partial charge in [0, 0.05) is 37.9 Å². The molecule has 0 radical (unpaired) electrons. The Bertz CT molecular complexity index is 598. The van der Waals surface area contributed by atoms with Crippen molar-refractivity contribution >= 4 is 11.5 Å². The van der Waals surface area contributed by atoms with E-state index >= 15 is 0 Å². The van der Waals surface area contributed by atoms with Gasteiger partial charge in [-0.2, -0.15) is 15.2 Å². The molecule has 0 atom stereocenters. The second-order valence-electron chi connectivity index (χ2n) is 4.93. The number of aryl methyl sites for hydroxylation is 1. The topological polar surface area (TPSA) is 67.3 Å². The highest BCUT2D eigenvalue weighted by Gasteiger charge is 2.19. The zero-order valence-corrected chi connectivity index (χ0v) is 12.2. The van der Waals surface area contributed by atoms with Crippen LogP contribution in [0.2, 0.25) is 0 Å². The number of aromatic nitrogens is 4. The molecular formula is C14H18N6O. The van der Waals surface area contributed by atoms with Crippen molar-refractivity contribution in [3.05, 3.63) is 30.2 Å². The summed E-state index contributed by atoms with van der Waals surface area (Å²) in [4.78, 5) is 13.2. The molecule has 0 aliphatic carbocycles. The largest absolute Gasteiger partial charge is 0.467 e. The van der Waals surface area contributed by atoms with E-state index in [4.69, 9.17) is 4.74 Å². The molecule has 0 N–H and O–H groups in total. The van der Waals surface area contributed by atoms with Crippen LogP contribution in [0.3, 0.4) is 0 Å². The van der Waals surface area contributed by atoms with Crippen LogP contribution < -0.4 is 14.5 Å². The van der Waals surface area contributed by atoms with E-state index in [1.807, 2.05) is 19.1 Å². The molecule has 0 spiro atoms. The molecule has 2 aromatic heterocycles. The van der Waals surface area contributed by atoms with Crippen molar-refractivity contribution in [2.45, 2.75) is 6.92 Å². The third-order valence-corrected chi connectivity index (χ3v) is 3.54. The number of hydrogen-bond donors (Lipinski definition) is 0. The Morgan fingerprint density at radius 3 is 2.48 bits per heavy atom. The lowest BCUT2D eigenvalue weighted by atomic mass is 10.2. The number of methoxy groups -OCH3 is 1. The van der Waals surface area contributed by atoms with Gasteiger partial charge in [0.2, 0.25) is 0 Å². The second kappa shape index (κ2) is 5.90. The molecule has 2 aromatic rings. The lowest BCUT2D eigenvalue weighted by molar-refractivity contribution is 0.378. The normalized spacial score (nSPS) is 15.1. The Labute approximate surface area is 123 Å². The highest BCUT2D eigenvalue weighted by atomic mass is 16.5. The summed E-state index contributed by atoms with van der Waals surface area (Å²) in [5.41, 5.74) is 2.03. The summed E-state index contributed by atoms with van der Waals surface area (Å²) in [6, 6.07) is 4.40. The highest BCUT2D eigenvalue weighted by Crippen LogP contribution is 2.20. The van der Waals surface area contributed by atoms with Gasteiger partial charge in [-0.25, -0.2) is 4.98 Å². The van der Waals surface area contributed by atoms with Crippen molar-refractivity contribution in [1.82, 2.24) is 20.2 Å². The SMILES string of the molecule is COc1nc(C)cc(N2CCN(c3ccnnc3)CC2)n1. The number of ether oxygens (including phenoxy) is 1. The van der Waals surface area contributed by atoms with E-state index in [0.29, 0.717) is 6.01 Å². The molecule has 0 unspecified atom stereocenters. The summed E-state index contributed by atoms with van der Waals surface area (Å²) in [6.45, 7) is 5.62. The third-order valence-electron chi connectivity index (χ3n) is 3.54. The molecule has 1 saturated heterocycles. The van der Waals surface area contributed by atoms with Crippen LogP contribution in [0.5, 0.6) is 6.01 Å². The molecule has 21 heavy (non-hydrogen) atoms. The molecule has 0 saturated carbocycles. The van der Waals surface area contributed by atoms with Gasteiger partial charge in [0.25, 0.3) is 0 Å². The molecule has 1 fully saturated rings. The van der Waals surface area contributed by atoms with Crippen LogP contribution in [0.25, 0.3) is 0 Å². The maximum atomic E-state index is 5.14. The van der Waals surface area contributed by atoms with Gasteiger partial charge in [0.05, 0.1) is 25.2 Å². The van der Waals surface area contributed by atoms with Gasteiger partial charge in [0.15, 0.2) is 0 Å². The molecule has 0 amide bonds. The van der Waals surface area contributed by atoms with E-state index in [1.54, 1.807) is 19.5 Å². The van der Waals surface area contributed by atoms with Gasteiger partial charge < -0.3 is 14.5 Å². The Balaban J connectivity index is 1.70. The molecule has 7 nitrogen and oxygen atoms in total. The van der Waals surface area contributed by atoms with Crippen LogP contribution in [0.15, 0.2) is 24.5 Å². The first kappa shape index (κ1) is 13.5. The molecule has 0 aromatic carbocycles. The molecule has 1 aliphatic rings. The predicted octanol–water partition coefficient (Wildman–Crippen LogP) is 0.910. The maximum Gasteiger partial charge on any atom is 0.318 e. The quantitative estimate of drug-likeness (QED) is 0.830. The number of anilines is 2. The standard InChI is InChI=1S/C14H18N6O/c1-11-9-13(18-14(17-11)21-2)20-7-5-19(6-8-20)12-3-4-15-16-10-12/h3-4,9-10H,5-8H2,1-2H3. The lowest BCUT2D eigenvalue weighted by Gasteiger charge is -2.36. The average molecular weight is 286 g/mol. The molecular weight excluding hydrogens is 268 g/mol. The van der Waals surface area contributed by atoms with Crippen molar-refractivity contribution in [2.75, 3.05) is 43.1 Å². The monoisotopic (exact) mass is 286 g/mol. The van der Waals surface area contributed by atoms with E-state index in [9.17, 15) is 0 Å². The zero-order valence-electron chi connectivity index (χ0n) is 12.2. The van der Waals surface area contributed by atoms with Crippen molar-refractivity contribution < 1.29 is 4.74 Å².